The molecule has 2 aromatic rings. The van der Waals surface area contributed by atoms with Crippen LogP contribution in [0.3, 0.4) is 0 Å². The Kier molecular flexibility index (Phi) is 2.75. The minimum absolute atomic E-state index is 0.118. The number of para-hydroxylation sites is 1. The van der Waals surface area contributed by atoms with Gasteiger partial charge in [-0.3, -0.25) is 0 Å². The van der Waals surface area contributed by atoms with E-state index in [1.54, 1.807) is 12.1 Å². The Morgan fingerprint density at radius 2 is 2.00 bits per heavy atom. The lowest BCUT2D eigenvalue weighted by Gasteiger charge is -2.21. The van der Waals surface area contributed by atoms with Gasteiger partial charge in [0.2, 0.25) is 0 Å². The lowest BCUT2D eigenvalue weighted by Crippen LogP contribution is -2.20. The summed E-state index contributed by atoms with van der Waals surface area (Å²) in [5, 5.41) is 9.51. The second kappa shape index (κ2) is 4.09. The molecule has 4 nitrogen and oxygen atoms in total. The molecule has 0 saturated heterocycles. The maximum absolute atomic E-state index is 11.6. The first kappa shape index (κ1) is 14.1. The highest BCUT2D eigenvalue weighted by Gasteiger charge is 2.49. The Labute approximate surface area is 124 Å². The van der Waals surface area contributed by atoms with Crippen LogP contribution in [0.2, 0.25) is 0 Å². The van der Waals surface area contributed by atoms with Gasteiger partial charge in [-0.15, -0.1) is 0 Å². The van der Waals surface area contributed by atoms with E-state index in [0.717, 1.165) is 23.3 Å². The van der Waals surface area contributed by atoms with Gasteiger partial charge < -0.3 is 9.67 Å². The van der Waals surface area contributed by atoms with Gasteiger partial charge in [-0.1, -0.05) is 40.7 Å². The highest BCUT2D eigenvalue weighted by Crippen LogP contribution is 2.57. The molecule has 1 aromatic carbocycles. The van der Waals surface area contributed by atoms with Gasteiger partial charge in [-0.2, -0.15) is 0 Å². The Hall–Kier alpha value is -1.84. The molecule has 0 aliphatic heterocycles. The monoisotopic (exact) mass is 286 g/mol. The summed E-state index contributed by atoms with van der Waals surface area (Å²) in [7, 11) is 0. The van der Waals surface area contributed by atoms with E-state index in [0.29, 0.717) is 11.6 Å². The van der Waals surface area contributed by atoms with Crippen LogP contribution in [0.5, 0.6) is 0 Å². The van der Waals surface area contributed by atoms with E-state index in [2.05, 4.69) is 39.2 Å². The van der Waals surface area contributed by atoms with Crippen LogP contribution in [0.4, 0.5) is 0 Å². The van der Waals surface area contributed by atoms with Gasteiger partial charge >= 0.3 is 5.97 Å². The van der Waals surface area contributed by atoms with Crippen molar-refractivity contribution in [3.63, 3.8) is 0 Å². The van der Waals surface area contributed by atoms with E-state index in [9.17, 15) is 9.90 Å². The van der Waals surface area contributed by atoms with Crippen LogP contribution >= 0.6 is 0 Å². The van der Waals surface area contributed by atoms with Crippen molar-refractivity contribution < 1.29 is 9.90 Å². The molecular formula is C17H22N2O2. The molecule has 1 aromatic heterocycles. The molecule has 1 saturated carbocycles. The molecule has 1 N–H and O–H groups in total. The quantitative estimate of drug-likeness (QED) is 0.907. The van der Waals surface area contributed by atoms with E-state index in [1.807, 2.05) is 6.07 Å². The van der Waals surface area contributed by atoms with Gasteiger partial charge in [0.1, 0.15) is 5.82 Å². The lowest BCUT2D eigenvalue weighted by atomic mass is 9.95. The van der Waals surface area contributed by atoms with Crippen molar-refractivity contribution in [1.82, 2.24) is 9.55 Å². The number of hydrogen-bond donors (Lipinski definition) is 1. The summed E-state index contributed by atoms with van der Waals surface area (Å²) in [6.07, 6.45) is 1.06. The molecule has 1 aliphatic rings. The fourth-order valence-corrected chi connectivity index (χ4v) is 3.03. The van der Waals surface area contributed by atoms with E-state index >= 15 is 0 Å². The predicted molar refractivity (Wildman–Crippen MR) is 82.8 cm³/mol. The molecule has 0 spiro atoms. The normalized spacial score (nSPS) is 20.7. The third kappa shape index (κ3) is 2.13. The van der Waals surface area contributed by atoms with Gasteiger partial charge in [0, 0.05) is 11.5 Å². The van der Waals surface area contributed by atoms with Crippen molar-refractivity contribution in [3.8, 4) is 0 Å². The zero-order chi connectivity index (χ0) is 15.6. The molecule has 112 valence electrons. The van der Waals surface area contributed by atoms with E-state index in [-0.39, 0.29) is 10.8 Å². The molecule has 1 unspecified atom stereocenters. The Morgan fingerprint density at radius 1 is 1.38 bits per heavy atom. The van der Waals surface area contributed by atoms with Crippen molar-refractivity contribution in [2.45, 2.75) is 52.5 Å². The summed E-state index contributed by atoms with van der Waals surface area (Å²) < 4.78 is 2.18. The minimum Gasteiger partial charge on any atom is -0.478 e. The van der Waals surface area contributed by atoms with E-state index in [4.69, 9.17) is 4.98 Å². The number of carbonyl (C=O) groups is 1. The van der Waals surface area contributed by atoms with Crippen molar-refractivity contribution in [2.24, 2.45) is 5.41 Å². The molecule has 0 bridgehead atoms. The second-order valence-corrected chi connectivity index (χ2v) is 7.74. The van der Waals surface area contributed by atoms with Crippen LogP contribution in [0.15, 0.2) is 18.2 Å². The summed E-state index contributed by atoms with van der Waals surface area (Å²) in [5.41, 5.74) is 1.98. The molecular weight excluding hydrogens is 264 g/mol. The number of imidazole rings is 1. The van der Waals surface area contributed by atoms with E-state index in [1.165, 1.54) is 0 Å². The van der Waals surface area contributed by atoms with Crippen LogP contribution in [0, 0.1) is 5.41 Å². The Bertz CT molecular complexity index is 735. The maximum atomic E-state index is 11.6. The van der Waals surface area contributed by atoms with E-state index < -0.39 is 5.97 Å². The van der Waals surface area contributed by atoms with Crippen molar-refractivity contribution in [3.05, 3.63) is 29.6 Å². The number of aromatic carboxylic acids is 1. The lowest BCUT2D eigenvalue weighted by molar-refractivity contribution is 0.0698. The number of carboxylic acids is 1. The van der Waals surface area contributed by atoms with Crippen LogP contribution in [-0.4, -0.2) is 20.6 Å². The summed E-state index contributed by atoms with van der Waals surface area (Å²) in [6, 6.07) is 5.68. The van der Waals surface area contributed by atoms with Gasteiger partial charge in [-0.05, 0) is 24.0 Å². The molecule has 1 aliphatic carbocycles. The SMILES string of the molecule is CC(C)(C)c1nc2cccc(C(=O)O)c2n1C1CC1(C)C. The smallest absolute Gasteiger partial charge is 0.337 e. The maximum Gasteiger partial charge on any atom is 0.337 e. The van der Waals surface area contributed by atoms with Gasteiger partial charge in [-0.25, -0.2) is 9.78 Å². The average molecular weight is 286 g/mol. The molecule has 1 atom stereocenters. The first-order valence-corrected chi connectivity index (χ1v) is 7.37. The zero-order valence-electron chi connectivity index (χ0n) is 13.3. The standard InChI is InChI=1S/C17H22N2O2/c1-16(2,3)15-18-11-8-6-7-10(14(20)21)13(11)19(15)12-9-17(12,4)5/h6-8,12H,9H2,1-5H3,(H,20,21). The van der Waals surface area contributed by atoms with Crippen molar-refractivity contribution in [1.29, 1.82) is 0 Å². The molecule has 4 heteroatoms. The second-order valence-electron chi connectivity index (χ2n) is 7.74. The predicted octanol–water partition coefficient (Wildman–Crippen LogP) is 4.00. The number of aromatic nitrogens is 2. The fraction of sp³-hybridized carbons (Fsp3) is 0.529. The number of rotatable bonds is 2. The van der Waals surface area contributed by atoms with Crippen molar-refractivity contribution in [2.75, 3.05) is 0 Å². The van der Waals surface area contributed by atoms with Gasteiger partial charge in [0.25, 0.3) is 0 Å². The summed E-state index contributed by atoms with van der Waals surface area (Å²) >= 11 is 0. The van der Waals surface area contributed by atoms with Gasteiger partial charge in [0.05, 0.1) is 16.6 Å². The van der Waals surface area contributed by atoms with Crippen molar-refractivity contribution >= 4 is 17.0 Å². The molecule has 1 fully saturated rings. The largest absolute Gasteiger partial charge is 0.478 e. The molecule has 0 radical (unpaired) electrons. The number of benzene rings is 1. The number of hydrogen-bond acceptors (Lipinski definition) is 2. The fourth-order valence-electron chi connectivity index (χ4n) is 3.03. The first-order valence-electron chi connectivity index (χ1n) is 7.37. The van der Waals surface area contributed by atoms with Crippen LogP contribution in [0.1, 0.15) is 63.3 Å². The third-order valence-corrected chi connectivity index (χ3v) is 4.38. The molecule has 3 rings (SSSR count). The number of nitrogens with zero attached hydrogens (tertiary/aromatic N) is 2. The molecule has 0 amide bonds. The summed E-state index contributed by atoms with van der Waals surface area (Å²) in [4.78, 5) is 16.3. The molecule has 21 heavy (non-hydrogen) atoms. The third-order valence-electron chi connectivity index (χ3n) is 4.38. The highest BCUT2D eigenvalue weighted by molar-refractivity contribution is 6.01. The Balaban J connectivity index is 2.36. The summed E-state index contributed by atoms with van der Waals surface area (Å²) in [5.74, 6) is 0.0856. The van der Waals surface area contributed by atoms with Gasteiger partial charge in [0.15, 0.2) is 0 Å². The van der Waals surface area contributed by atoms with Crippen LogP contribution in [0.25, 0.3) is 11.0 Å². The highest BCUT2D eigenvalue weighted by atomic mass is 16.4. The topological polar surface area (TPSA) is 55.1 Å². The summed E-state index contributed by atoms with van der Waals surface area (Å²) in [6.45, 7) is 10.8. The Morgan fingerprint density at radius 3 is 2.48 bits per heavy atom. The number of fused-ring (bicyclic) bond motifs is 1. The first-order chi connectivity index (χ1) is 9.63. The van der Waals surface area contributed by atoms with Crippen LogP contribution < -0.4 is 0 Å². The average Bonchev–Trinajstić information content (AvgIpc) is 2.83. The number of carboxylic acid groups (broad SMARTS) is 1. The zero-order valence-corrected chi connectivity index (χ0v) is 13.3. The van der Waals surface area contributed by atoms with Crippen LogP contribution in [-0.2, 0) is 5.41 Å². The molecule has 1 heterocycles. The minimum atomic E-state index is -0.888.